The maximum atomic E-state index is 13.1. The van der Waals surface area contributed by atoms with Crippen LogP contribution in [0, 0.1) is 0 Å². The van der Waals surface area contributed by atoms with Gasteiger partial charge in [-0.1, -0.05) is 35.5 Å². The number of rotatable bonds is 4. The summed E-state index contributed by atoms with van der Waals surface area (Å²) in [6.07, 6.45) is 2.95. The Bertz CT molecular complexity index is 981. The maximum Gasteiger partial charge on any atom is 0.254 e. The quantitative estimate of drug-likeness (QED) is 0.769. The summed E-state index contributed by atoms with van der Waals surface area (Å²) in [6.45, 7) is 0.643. The van der Waals surface area contributed by atoms with Crippen LogP contribution < -0.4 is 5.73 Å². The Morgan fingerprint density at radius 2 is 1.96 bits per heavy atom. The second-order valence-electron chi connectivity index (χ2n) is 6.93. The lowest BCUT2D eigenvalue weighted by Crippen LogP contribution is -2.45. The molecule has 3 aromatic rings. The molecule has 0 radical (unpaired) electrons. The Balaban J connectivity index is 1.69. The zero-order chi connectivity index (χ0) is 18.8. The molecular formula is C21H21N3O3. The number of nitrogens with zero attached hydrogens (tertiary/aromatic N) is 2. The monoisotopic (exact) mass is 363 g/mol. The van der Waals surface area contributed by atoms with Crippen molar-refractivity contribution in [3.05, 3.63) is 54.1 Å². The lowest BCUT2D eigenvalue weighted by Gasteiger charge is -2.35. The molecule has 1 atom stereocenters. The van der Waals surface area contributed by atoms with Crippen molar-refractivity contribution in [3.63, 3.8) is 0 Å². The summed E-state index contributed by atoms with van der Waals surface area (Å²) in [4.78, 5) is 26.3. The standard InChI is InChI=1S/C21H21N3O3/c22-19(25)13-16-8-4-5-11-24(16)21(26)15-9-10-18-17(12-15)20(27-23-18)14-6-2-1-3-7-14/h1-3,6-7,9-10,12,16H,4-5,8,11,13H2,(H2,22,25)/t16-/m1/s1. The van der Waals surface area contributed by atoms with E-state index in [-0.39, 0.29) is 24.3 Å². The van der Waals surface area contributed by atoms with E-state index >= 15 is 0 Å². The number of carbonyl (C=O) groups is 2. The van der Waals surface area contributed by atoms with E-state index in [1.807, 2.05) is 36.4 Å². The number of primary amides is 1. The average Bonchev–Trinajstić information content (AvgIpc) is 3.11. The minimum atomic E-state index is -0.374. The molecule has 2 aromatic carbocycles. The second kappa shape index (κ2) is 7.23. The molecule has 138 valence electrons. The number of fused-ring (bicyclic) bond motifs is 1. The lowest BCUT2D eigenvalue weighted by molar-refractivity contribution is -0.119. The topological polar surface area (TPSA) is 89.4 Å². The van der Waals surface area contributed by atoms with E-state index in [9.17, 15) is 9.59 Å². The number of hydrogen-bond acceptors (Lipinski definition) is 4. The molecule has 2 N–H and O–H groups in total. The first kappa shape index (κ1) is 17.3. The lowest BCUT2D eigenvalue weighted by atomic mass is 9.97. The predicted octanol–water partition coefficient (Wildman–Crippen LogP) is 3.36. The molecule has 0 bridgehead atoms. The van der Waals surface area contributed by atoms with Gasteiger partial charge in [0.05, 0.1) is 5.39 Å². The van der Waals surface area contributed by atoms with E-state index in [0.717, 1.165) is 30.2 Å². The predicted molar refractivity (Wildman–Crippen MR) is 102 cm³/mol. The molecule has 1 fully saturated rings. The highest BCUT2D eigenvalue weighted by molar-refractivity contribution is 6.01. The van der Waals surface area contributed by atoms with Gasteiger partial charge in [-0.25, -0.2) is 0 Å². The van der Waals surface area contributed by atoms with Gasteiger partial charge in [0.25, 0.3) is 5.91 Å². The Kier molecular flexibility index (Phi) is 4.62. The van der Waals surface area contributed by atoms with Crippen LogP contribution in [0.5, 0.6) is 0 Å². The highest BCUT2D eigenvalue weighted by Crippen LogP contribution is 2.30. The zero-order valence-corrected chi connectivity index (χ0v) is 14.9. The number of likely N-dealkylation sites (tertiary alicyclic amines) is 1. The Morgan fingerprint density at radius 1 is 1.15 bits per heavy atom. The highest BCUT2D eigenvalue weighted by Gasteiger charge is 2.29. The van der Waals surface area contributed by atoms with Crippen LogP contribution in [0.3, 0.4) is 0 Å². The fourth-order valence-corrected chi connectivity index (χ4v) is 3.75. The number of aromatic nitrogens is 1. The van der Waals surface area contributed by atoms with Crippen molar-refractivity contribution in [1.82, 2.24) is 10.1 Å². The van der Waals surface area contributed by atoms with Crippen LogP contribution >= 0.6 is 0 Å². The molecule has 0 aliphatic carbocycles. The first-order chi connectivity index (χ1) is 13.1. The number of hydrogen-bond donors (Lipinski definition) is 1. The summed E-state index contributed by atoms with van der Waals surface area (Å²) >= 11 is 0. The third-order valence-corrected chi connectivity index (χ3v) is 5.08. The minimum absolute atomic E-state index is 0.0805. The smallest absolute Gasteiger partial charge is 0.254 e. The summed E-state index contributed by atoms with van der Waals surface area (Å²) < 4.78 is 5.52. The highest BCUT2D eigenvalue weighted by atomic mass is 16.5. The number of piperidine rings is 1. The van der Waals surface area contributed by atoms with Gasteiger partial charge in [-0.05, 0) is 37.5 Å². The Morgan fingerprint density at radius 3 is 2.74 bits per heavy atom. The third-order valence-electron chi connectivity index (χ3n) is 5.08. The molecule has 1 aromatic heterocycles. The van der Waals surface area contributed by atoms with E-state index in [1.165, 1.54) is 0 Å². The van der Waals surface area contributed by atoms with Crippen molar-refractivity contribution < 1.29 is 14.1 Å². The Hall–Kier alpha value is -3.15. The molecule has 0 saturated carbocycles. The van der Waals surface area contributed by atoms with E-state index in [1.54, 1.807) is 17.0 Å². The van der Waals surface area contributed by atoms with Crippen molar-refractivity contribution in [3.8, 4) is 11.3 Å². The Labute approximate surface area is 156 Å². The van der Waals surface area contributed by atoms with Crippen molar-refractivity contribution in [2.45, 2.75) is 31.7 Å². The summed E-state index contributed by atoms with van der Waals surface area (Å²) in [5, 5.41) is 4.90. The van der Waals surface area contributed by atoms with Crippen LogP contribution in [0.15, 0.2) is 53.1 Å². The summed E-state index contributed by atoms with van der Waals surface area (Å²) in [6, 6.07) is 14.9. The van der Waals surface area contributed by atoms with Crippen molar-refractivity contribution in [2.75, 3.05) is 6.54 Å². The summed E-state index contributed by atoms with van der Waals surface area (Å²) in [7, 11) is 0. The van der Waals surface area contributed by atoms with Gasteiger partial charge in [0.15, 0.2) is 5.76 Å². The van der Waals surface area contributed by atoms with Crippen molar-refractivity contribution >= 4 is 22.7 Å². The number of benzene rings is 2. The zero-order valence-electron chi connectivity index (χ0n) is 14.9. The van der Waals surface area contributed by atoms with Crippen LogP contribution in [0.25, 0.3) is 22.2 Å². The fraction of sp³-hybridized carbons (Fsp3) is 0.286. The van der Waals surface area contributed by atoms with E-state index < -0.39 is 0 Å². The van der Waals surface area contributed by atoms with Crippen LogP contribution in [0.2, 0.25) is 0 Å². The van der Waals surface area contributed by atoms with Crippen molar-refractivity contribution in [1.29, 1.82) is 0 Å². The number of carbonyl (C=O) groups excluding carboxylic acids is 2. The molecule has 1 aliphatic heterocycles. The average molecular weight is 363 g/mol. The fourth-order valence-electron chi connectivity index (χ4n) is 3.75. The molecule has 0 unspecified atom stereocenters. The first-order valence-electron chi connectivity index (χ1n) is 9.17. The van der Waals surface area contributed by atoms with Gasteiger partial charge < -0.3 is 15.2 Å². The second-order valence-corrected chi connectivity index (χ2v) is 6.93. The largest absolute Gasteiger partial charge is 0.370 e. The van der Waals surface area contributed by atoms with Gasteiger partial charge >= 0.3 is 0 Å². The van der Waals surface area contributed by atoms with Gasteiger partial charge in [-0.15, -0.1) is 0 Å². The van der Waals surface area contributed by atoms with Crippen LogP contribution in [-0.2, 0) is 4.79 Å². The molecule has 0 spiro atoms. The van der Waals surface area contributed by atoms with Crippen LogP contribution in [0.4, 0.5) is 0 Å². The molecule has 1 saturated heterocycles. The molecular weight excluding hydrogens is 342 g/mol. The summed E-state index contributed by atoms with van der Waals surface area (Å²) in [5.41, 5.74) is 7.56. The molecule has 2 heterocycles. The molecule has 1 aliphatic rings. The molecule has 27 heavy (non-hydrogen) atoms. The van der Waals surface area contributed by atoms with Gasteiger partial charge in [-0.2, -0.15) is 0 Å². The first-order valence-corrected chi connectivity index (χ1v) is 9.17. The molecule has 2 amide bonds. The van der Waals surface area contributed by atoms with E-state index in [0.29, 0.717) is 23.4 Å². The molecule has 4 rings (SSSR count). The molecule has 6 heteroatoms. The number of nitrogens with two attached hydrogens (primary N) is 1. The molecule has 6 nitrogen and oxygen atoms in total. The number of amides is 2. The van der Waals surface area contributed by atoms with Crippen LogP contribution in [-0.4, -0.2) is 34.5 Å². The van der Waals surface area contributed by atoms with Gasteiger partial charge in [-0.3, -0.25) is 9.59 Å². The van der Waals surface area contributed by atoms with Crippen LogP contribution in [0.1, 0.15) is 36.0 Å². The maximum absolute atomic E-state index is 13.1. The SMILES string of the molecule is NC(=O)C[C@H]1CCCCN1C(=O)c1ccc2noc(-c3ccccc3)c2c1. The van der Waals surface area contributed by atoms with Crippen molar-refractivity contribution in [2.24, 2.45) is 5.73 Å². The van der Waals surface area contributed by atoms with Gasteiger partial charge in [0.2, 0.25) is 5.91 Å². The normalized spacial score (nSPS) is 17.2. The minimum Gasteiger partial charge on any atom is -0.370 e. The van der Waals surface area contributed by atoms with Gasteiger partial charge in [0, 0.05) is 30.1 Å². The van der Waals surface area contributed by atoms with E-state index in [4.69, 9.17) is 10.3 Å². The van der Waals surface area contributed by atoms with Gasteiger partial charge in [0.1, 0.15) is 5.52 Å². The summed E-state index contributed by atoms with van der Waals surface area (Å²) in [5.74, 6) is 0.191. The third kappa shape index (κ3) is 3.43. The van der Waals surface area contributed by atoms with E-state index in [2.05, 4.69) is 5.16 Å².